The van der Waals surface area contributed by atoms with Crippen LogP contribution >= 0.6 is 11.8 Å². The topological polar surface area (TPSA) is 63.4 Å². The van der Waals surface area contributed by atoms with Crippen LogP contribution < -0.4 is 5.01 Å². The van der Waals surface area contributed by atoms with Crippen molar-refractivity contribution in [2.75, 3.05) is 10.8 Å². The highest BCUT2D eigenvalue weighted by Crippen LogP contribution is 2.32. The summed E-state index contributed by atoms with van der Waals surface area (Å²) in [4.78, 5) is 13.1. The number of anilines is 1. The van der Waals surface area contributed by atoms with Gasteiger partial charge in [-0.3, -0.25) is 4.79 Å². The van der Waals surface area contributed by atoms with E-state index in [4.69, 9.17) is 0 Å². The van der Waals surface area contributed by atoms with Gasteiger partial charge >= 0.3 is 6.18 Å². The molecule has 1 amide bonds. The summed E-state index contributed by atoms with van der Waals surface area (Å²) in [7, 11) is 1.78. The summed E-state index contributed by atoms with van der Waals surface area (Å²) in [6.07, 6.45) is -3.12. The molecule has 0 radical (unpaired) electrons. The number of benzene rings is 3. The monoisotopic (exact) mass is 495 g/mol. The van der Waals surface area contributed by atoms with Gasteiger partial charge in [0.1, 0.15) is 0 Å². The van der Waals surface area contributed by atoms with E-state index in [-0.39, 0.29) is 11.4 Å². The van der Waals surface area contributed by atoms with Crippen molar-refractivity contribution in [1.82, 2.24) is 14.8 Å². The van der Waals surface area contributed by atoms with E-state index in [2.05, 4.69) is 15.3 Å². The van der Waals surface area contributed by atoms with E-state index in [0.717, 1.165) is 34.5 Å². The number of hydrogen-bond acceptors (Lipinski definition) is 5. The Morgan fingerprint density at radius 3 is 2.37 bits per heavy atom. The number of nitrogens with zero attached hydrogens (tertiary/aromatic N) is 5. The fraction of sp³-hybridized carbons (Fsp3) is 0.120. The Morgan fingerprint density at radius 1 is 1.00 bits per heavy atom. The van der Waals surface area contributed by atoms with E-state index in [1.165, 1.54) is 18.3 Å². The number of hydrogen-bond donors (Lipinski definition) is 0. The van der Waals surface area contributed by atoms with Crippen LogP contribution in [0.5, 0.6) is 0 Å². The van der Waals surface area contributed by atoms with Crippen LogP contribution in [0.1, 0.15) is 11.1 Å². The maximum Gasteiger partial charge on any atom is 0.416 e. The van der Waals surface area contributed by atoms with Gasteiger partial charge in [-0.05, 0) is 23.8 Å². The summed E-state index contributed by atoms with van der Waals surface area (Å²) in [5.41, 5.74) is 0.723. The van der Waals surface area contributed by atoms with Crippen molar-refractivity contribution >= 4 is 29.6 Å². The highest BCUT2D eigenvalue weighted by atomic mass is 32.2. The van der Waals surface area contributed by atoms with Crippen LogP contribution in [0.2, 0.25) is 0 Å². The second-order valence-electron chi connectivity index (χ2n) is 7.43. The van der Waals surface area contributed by atoms with Crippen LogP contribution in [-0.4, -0.2) is 32.6 Å². The zero-order chi connectivity index (χ0) is 24.8. The molecule has 0 fully saturated rings. The lowest BCUT2D eigenvalue weighted by molar-refractivity contribution is -0.137. The summed E-state index contributed by atoms with van der Waals surface area (Å²) >= 11 is 1.13. The number of carbonyl (C=O) groups excluding carboxylic acids is 1. The van der Waals surface area contributed by atoms with Crippen molar-refractivity contribution in [2.45, 2.75) is 11.3 Å². The molecule has 6 nitrogen and oxygen atoms in total. The second kappa shape index (κ2) is 10.6. The summed E-state index contributed by atoms with van der Waals surface area (Å²) < 4.78 is 41.6. The van der Waals surface area contributed by atoms with E-state index < -0.39 is 17.6 Å². The average Bonchev–Trinajstić information content (AvgIpc) is 3.24. The maximum atomic E-state index is 13.3. The fourth-order valence-corrected chi connectivity index (χ4v) is 3.97. The minimum Gasteiger partial charge on any atom is -0.305 e. The molecule has 0 saturated carbocycles. The Morgan fingerprint density at radius 2 is 1.69 bits per heavy atom. The van der Waals surface area contributed by atoms with Gasteiger partial charge < -0.3 is 4.57 Å². The lowest BCUT2D eigenvalue weighted by Crippen LogP contribution is -2.28. The van der Waals surface area contributed by atoms with Gasteiger partial charge in [-0.25, -0.2) is 5.01 Å². The molecule has 1 aromatic heterocycles. The number of aromatic nitrogens is 3. The van der Waals surface area contributed by atoms with Crippen molar-refractivity contribution in [3.05, 3.63) is 96.1 Å². The van der Waals surface area contributed by atoms with E-state index in [9.17, 15) is 18.0 Å². The first-order valence-corrected chi connectivity index (χ1v) is 11.5. The molecule has 35 heavy (non-hydrogen) atoms. The van der Waals surface area contributed by atoms with Crippen molar-refractivity contribution in [1.29, 1.82) is 0 Å². The molecule has 0 N–H and O–H groups in total. The van der Waals surface area contributed by atoms with Crippen LogP contribution in [0.3, 0.4) is 0 Å². The fourth-order valence-electron chi connectivity index (χ4n) is 3.22. The number of halogens is 3. The minimum absolute atomic E-state index is 0.0144. The predicted octanol–water partition coefficient (Wildman–Crippen LogP) is 5.66. The number of thioether (sulfide) groups is 1. The lowest BCUT2D eigenvalue weighted by Gasteiger charge is -2.18. The van der Waals surface area contributed by atoms with Gasteiger partial charge in [0.2, 0.25) is 0 Å². The Hall–Kier alpha value is -3.92. The average molecular weight is 496 g/mol. The molecule has 3 aromatic carbocycles. The third-order valence-electron chi connectivity index (χ3n) is 4.97. The van der Waals surface area contributed by atoms with Crippen LogP contribution in [0, 0.1) is 0 Å². The van der Waals surface area contributed by atoms with Crippen LogP contribution in [0.4, 0.5) is 18.9 Å². The molecule has 0 unspecified atom stereocenters. The Kier molecular flexibility index (Phi) is 7.31. The summed E-state index contributed by atoms with van der Waals surface area (Å²) in [6, 6.07) is 23.0. The molecular formula is C25H20F3N5OS. The van der Waals surface area contributed by atoms with Gasteiger partial charge in [0.25, 0.3) is 5.91 Å². The molecular weight excluding hydrogens is 475 g/mol. The number of rotatable bonds is 7. The predicted molar refractivity (Wildman–Crippen MR) is 130 cm³/mol. The Balaban J connectivity index is 1.57. The summed E-state index contributed by atoms with van der Waals surface area (Å²) in [6.45, 7) is 0. The molecule has 0 aliphatic rings. The standard InChI is InChI=1S/C25H20F3N5OS/c1-32-23(19-11-6-3-7-12-19)30-31-24(32)35-17-22(34)33(29-16-18-9-4-2-5-10-18)21-14-8-13-20(15-21)25(26,27)28/h2-16H,17H2,1H3. The molecule has 4 aromatic rings. The van der Waals surface area contributed by atoms with Crippen molar-refractivity contribution in [3.8, 4) is 11.4 Å². The van der Waals surface area contributed by atoms with Gasteiger partial charge in [0.05, 0.1) is 23.2 Å². The molecule has 178 valence electrons. The van der Waals surface area contributed by atoms with E-state index >= 15 is 0 Å². The minimum atomic E-state index is -4.55. The molecule has 0 saturated heterocycles. The van der Waals surface area contributed by atoms with Gasteiger partial charge in [-0.1, -0.05) is 78.5 Å². The third-order valence-corrected chi connectivity index (χ3v) is 5.97. The largest absolute Gasteiger partial charge is 0.416 e. The Labute approximate surface area is 204 Å². The van der Waals surface area contributed by atoms with Crippen LogP contribution in [-0.2, 0) is 18.0 Å². The molecule has 0 atom stereocenters. The lowest BCUT2D eigenvalue weighted by atomic mass is 10.2. The van der Waals surface area contributed by atoms with Gasteiger partial charge in [0, 0.05) is 12.6 Å². The summed E-state index contributed by atoms with van der Waals surface area (Å²) in [5, 5.41) is 14.0. The molecule has 0 bridgehead atoms. The van der Waals surface area contributed by atoms with E-state index in [0.29, 0.717) is 16.5 Å². The maximum absolute atomic E-state index is 13.3. The first-order valence-electron chi connectivity index (χ1n) is 10.5. The molecule has 1 heterocycles. The molecule has 4 rings (SSSR count). The van der Waals surface area contributed by atoms with Gasteiger partial charge in [-0.2, -0.15) is 18.3 Å². The summed E-state index contributed by atoms with van der Waals surface area (Å²) in [5.74, 6) is 0.0199. The highest BCUT2D eigenvalue weighted by Gasteiger charge is 2.31. The molecule has 0 aliphatic heterocycles. The quantitative estimate of drug-likeness (QED) is 0.189. The van der Waals surface area contributed by atoms with Gasteiger partial charge in [0.15, 0.2) is 11.0 Å². The number of hydrazone groups is 1. The highest BCUT2D eigenvalue weighted by molar-refractivity contribution is 7.99. The SMILES string of the molecule is Cn1c(SCC(=O)N(N=Cc2ccccc2)c2cccc(C(F)(F)F)c2)nnc1-c1ccccc1. The number of amides is 1. The normalized spacial score (nSPS) is 11.7. The van der Waals surface area contributed by atoms with Crippen molar-refractivity contribution in [3.63, 3.8) is 0 Å². The smallest absolute Gasteiger partial charge is 0.305 e. The third kappa shape index (κ3) is 5.96. The second-order valence-corrected chi connectivity index (χ2v) is 8.37. The first-order chi connectivity index (χ1) is 16.8. The van der Waals surface area contributed by atoms with Crippen LogP contribution in [0.15, 0.2) is 95.2 Å². The Bertz CT molecular complexity index is 1320. The van der Waals surface area contributed by atoms with Crippen molar-refractivity contribution < 1.29 is 18.0 Å². The van der Waals surface area contributed by atoms with Crippen molar-refractivity contribution in [2.24, 2.45) is 12.1 Å². The molecule has 0 aliphatic carbocycles. The van der Waals surface area contributed by atoms with E-state index in [1.54, 1.807) is 35.9 Å². The molecule has 10 heteroatoms. The van der Waals surface area contributed by atoms with Crippen LogP contribution in [0.25, 0.3) is 11.4 Å². The number of carbonyl (C=O) groups is 1. The first kappa shape index (κ1) is 24.2. The zero-order valence-electron chi connectivity index (χ0n) is 18.6. The van der Waals surface area contributed by atoms with Gasteiger partial charge in [-0.15, -0.1) is 10.2 Å². The zero-order valence-corrected chi connectivity index (χ0v) is 19.4. The van der Waals surface area contributed by atoms with E-state index in [1.807, 2.05) is 36.4 Å². The molecule has 0 spiro atoms. The number of alkyl halides is 3.